The van der Waals surface area contributed by atoms with Gasteiger partial charge >= 0.3 is 0 Å². The van der Waals surface area contributed by atoms with Gasteiger partial charge in [-0.1, -0.05) is 35.6 Å². The number of hydrogen-bond donors (Lipinski definition) is 0. The maximum atomic E-state index is 12.9. The second-order valence-electron chi connectivity index (χ2n) is 5.48. The van der Waals surface area contributed by atoms with Gasteiger partial charge in [-0.2, -0.15) is 0 Å². The van der Waals surface area contributed by atoms with Gasteiger partial charge in [-0.15, -0.1) is 0 Å². The van der Waals surface area contributed by atoms with Gasteiger partial charge in [0.25, 0.3) is 5.91 Å². The van der Waals surface area contributed by atoms with Crippen molar-refractivity contribution in [2.45, 2.75) is 0 Å². The second-order valence-corrected chi connectivity index (χ2v) is 7.56. The average Bonchev–Trinajstić information content (AvgIpc) is 2.94. The molecule has 0 saturated carbocycles. The smallest absolute Gasteiger partial charge is 0.270 e. The molecule has 0 spiro atoms. The van der Waals surface area contributed by atoms with Crippen LogP contribution in [0.15, 0.2) is 41.3 Å². The maximum absolute atomic E-state index is 12.9. The van der Waals surface area contributed by atoms with Crippen LogP contribution in [-0.2, 0) is 4.79 Å². The molecule has 1 aliphatic rings. The van der Waals surface area contributed by atoms with Gasteiger partial charge in [0.05, 0.1) is 36.9 Å². The number of benzene rings is 2. The van der Waals surface area contributed by atoms with Crippen LogP contribution in [0.1, 0.15) is 5.56 Å². The predicted octanol–water partition coefficient (Wildman–Crippen LogP) is 4.77. The van der Waals surface area contributed by atoms with Crippen LogP contribution in [0.5, 0.6) is 17.2 Å². The highest BCUT2D eigenvalue weighted by atomic mass is 35.5. The van der Waals surface area contributed by atoms with Crippen molar-refractivity contribution >= 4 is 57.6 Å². The Balaban J connectivity index is 1.94. The molecule has 8 heteroatoms. The normalized spacial score (nSPS) is 15.4. The molecule has 27 heavy (non-hydrogen) atoms. The van der Waals surface area contributed by atoms with Crippen molar-refractivity contribution in [1.29, 1.82) is 0 Å². The van der Waals surface area contributed by atoms with Crippen molar-refractivity contribution in [2.75, 3.05) is 26.2 Å². The molecule has 0 aliphatic carbocycles. The predicted molar refractivity (Wildman–Crippen MR) is 113 cm³/mol. The van der Waals surface area contributed by atoms with Gasteiger partial charge in [0.15, 0.2) is 4.32 Å². The molecular formula is C19H16ClNO4S2. The van der Waals surface area contributed by atoms with E-state index >= 15 is 0 Å². The van der Waals surface area contributed by atoms with E-state index in [-0.39, 0.29) is 5.91 Å². The summed E-state index contributed by atoms with van der Waals surface area (Å²) in [4.78, 5) is 14.9. The number of methoxy groups -OCH3 is 3. The first-order valence-corrected chi connectivity index (χ1v) is 9.41. The molecule has 140 valence electrons. The van der Waals surface area contributed by atoms with Crippen LogP contribution in [0.4, 0.5) is 5.69 Å². The van der Waals surface area contributed by atoms with Crippen LogP contribution in [0.3, 0.4) is 0 Å². The molecule has 1 amide bonds. The molecule has 2 aromatic carbocycles. The Morgan fingerprint density at radius 3 is 2.26 bits per heavy atom. The van der Waals surface area contributed by atoms with E-state index in [9.17, 15) is 4.79 Å². The summed E-state index contributed by atoms with van der Waals surface area (Å²) in [6, 6.07) is 10.5. The molecule has 0 bridgehead atoms. The lowest BCUT2D eigenvalue weighted by atomic mass is 10.1. The van der Waals surface area contributed by atoms with Crippen LogP contribution < -0.4 is 19.1 Å². The molecule has 1 fully saturated rings. The van der Waals surface area contributed by atoms with Crippen molar-refractivity contribution in [2.24, 2.45) is 0 Å². The number of rotatable bonds is 5. The van der Waals surface area contributed by atoms with Crippen molar-refractivity contribution in [1.82, 2.24) is 0 Å². The van der Waals surface area contributed by atoms with Gasteiger partial charge in [0.2, 0.25) is 0 Å². The Hall–Kier alpha value is -2.22. The van der Waals surface area contributed by atoms with E-state index < -0.39 is 0 Å². The zero-order chi connectivity index (χ0) is 19.6. The molecule has 0 atom stereocenters. The number of hydrogen-bond acceptors (Lipinski definition) is 6. The Morgan fingerprint density at radius 2 is 1.70 bits per heavy atom. The topological polar surface area (TPSA) is 48.0 Å². The summed E-state index contributed by atoms with van der Waals surface area (Å²) in [6.07, 6.45) is 1.76. The summed E-state index contributed by atoms with van der Waals surface area (Å²) < 4.78 is 16.1. The minimum absolute atomic E-state index is 0.215. The highest BCUT2D eigenvalue weighted by molar-refractivity contribution is 8.27. The van der Waals surface area contributed by atoms with E-state index in [4.69, 9.17) is 38.0 Å². The summed E-state index contributed by atoms with van der Waals surface area (Å²) >= 11 is 12.8. The Bertz CT molecular complexity index is 923. The first-order valence-electron chi connectivity index (χ1n) is 7.81. The summed E-state index contributed by atoms with van der Waals surface area (Å²) in [7, 11) is 4.68. The zero-order valence-corrected chi connectivity index (χ0v) is 17.2. The second kappa shape index (κ2) is 8.21. The Labute approximate surface area is 171 Å². The van der Waals surface area contributed by atoms with Gasteiger partial charge < -0.3 is 14.2 Å². The molecule has 0 aromatic heterocycles. The van der Waals surface area contributed by atoms with Crippen LogP contribution in [0.2, 0.25) is 5.02 Å². The minimum Gasteiger partial charge on any atom is -0.497 e. The van der Waals surface area contributed by atoms with Crippen LogP contribution in [-0.4, -0.2) is 31.6 Å². The lowest BCUT2D eigenvalue weighted by Gasteiger charge is -2.15. The number of halogens is 1. The van der Waals surface area contributed by atoms with Crippen molar-refractivity contribution in [3.63, 3.8) is 0 Å². The monoisotopic (exact) mass is 421 g/mol. The third-order valence-electron chi connectivity index (χ3n) is 3.86. The molecular weight excluding hydrogens is 406 g/mol. The molecule has 1 heterocycles. The van der Waals surface area contributed by atoms with Crippen LogP contribution in [0.25, 0.3) is 6.08 Å². The van der Waals surface area contributed by atoms with Gasteiger partial charge in [0.1, 0.15) is 17.2 Å². The molecule has 0 unspecified atom stereocenters. The summed E-state index contributed by atoms with van der Waals surface area (Å²) in [5.74, 6) is 1.59. The van der Waals surface area contributed by atoms with Crippen molar-refractivity contribution in [3.05, 3.63) is 51.9 Å². The fourth-order valence-corrected chi connectivity index (χ4v) is 4.10. The first-order chi connectivity index (χ1) is 13.0. The Morgan fingerprint density at radius 1 is 1.04 bits per heavy atom. The van der Waals surface area contributed by atoms with E-state index in [2.05, 4.69) is 0 Å². The number of ether oxygens (including phenoxy) is 3. The minimum atomic E-state index is -0.215. The highest BCUT2D eigenvalue weighted by Crippen LogP contribution is 2.39. The molecule has 0 N–H and O–H groups in total. The van der Waals surface area contributed by atoms with Crippen LogP contribution in [0, 0.1) is 0 Å². The van der Waals surface area contributed by atoms with Gasteiger partial charge in [0, 0.05) is 6.07 Å². The van der Waals surface area contributed by atoms with Crippen LogP contribution >= 0.6 is 35.6 Å². The molecule has 1 aliphatic heterocycles. The summed E-state index contributed by atoms with van der Waals surface area (Å²) in [6.45, 7) is 0. The number of nitrogens with zero attached hydrogens (tertiary/aromatic N) is 1. The number of thioether (sulfide) groups is 1. The lowest BCUT2D eigenvalue weighted by molar-refractivity contribution is -0.113. The third-order valence-corrected chi connectivity index (χ3v) is 5.46. The SMILES string of the molecule is COc1cc(/C=C2/SC(=S)N(c3ccc(OC)c(Cl)c3)C2=O)cc(OC)c1. The first kappa shape index (κ1) is 19.5. The van der Waals surface area contributed by atoms with Gasteiger partial charge in [-0.3, -0.25) is 9.69 Å². The summed E-state index contributed by atoms with van der Waals surface area (Å²) in [5, 5.41) is 0.408. The van der Waals surface area contributed by atoms with Gasteiger partial charge in [-0.05, 0) is 42.0 Å². The van der Waals surface area contributed by atoms with Crippen molar-refractivity contribution < 1.29 is 19.0 Å². The third kappa shape index (κ3) is 4.05. The summed E-state index contributed by atoms with van der Waals surface area (Å²) in [5.41, 5.74) is 1.37. The van der Waals surface area contributed by atoms with E-state index in [1.165, 1.54) is 23.8 Å². The molecule has 2 aromatic rings. The fraction of sp³-hybridized carbons (Fsp3) is 0.158. The van der Waals surface area contributed by atoms with E-state index in [0.717, 1.165) is 5.56 Å². The van der Waals surface area contributed by atoms with Crippen molar-refractivity contribution in [3.8, 4) is 17.2 Å². The molecule has 1 saturated heterocycles. The van der Waals surface area contributed by atoms with E-state index in [1.54, 1.807) is 44.6 Å². The number of carbonyl (C=O) groups is 1. The number of amides is 1. The largest absolute Gasteiger partial charge is 0.497 e. The number of anilines is 1. The standard InChI is InChI=1S/C19H16ClNO4S2/c1-23-13-6-11(7-14(10-13)24-2)8-17-18(22)21(19(26)27-17)12-4-5-16(25-3)15(20)9-12/h4-10H,1-3H3/b17-8+. The van der Waals surface area contributed by atoms with Gasteiger partial charge in [-0.25, -0.2) is 0 Å². The van der Waals surface area contributed by atoms with E-state index in [0.29, 0.717) is 37.2 Å². The number of thiocarbonyl (C=S) groups is 1. The molecule has 5 nitrogen and oxygen atoms in total. The average molecular weight is 422 g/mol. The molecule has 3 rings (SSSR count). The van der Waals surface area contributed by atoms with E-state index in [1.807, 2.05) is 12.1 Å². The maximum Gasteiger partial charge on any atom is 0.270 e. The lowest BCUT2D eigenvalue weighted by Crippen LogP contribution is -2.27. The fourth-order valence-electron chi connectivity index (χ4n) is 2.55. The Kier molecular flexibility index (Phi) is 5.94. The molecule has 0 radical (unpaired) electrons. The zero-order valence-electron chi connectivity index (χ0n) is 14.8. The number of carbonyl (C=O) groups excluding carboxylic acids is 1. The highest BCUT2D eigenvalue weighted by Gasteiger charge is 2.33. The quantitative estimate of drug-likeness (QED) is 0.512.